The van der Waals surface area contributed by atoms with Crippen molar-refractivity contribution in [1.29, 1.82) is 0 Å². The molecule has 1 N–H and O–H groups in total. The first-order valence-corrected chi connectivity index (χ1v) is 10.5. The maximum Gasteiger partial charge on any atom is 0.124 e. The predicted octanol–water partition coefficient (Wildman–Crippen LogP) is 4.99. The molecule has 28 heavy (non-hydrogen) atoms. The van der Waals surface area contributed by atoms with Crippen LogP contribution >= 0.6 is 0 Å². The van der Waals surface area contributed by atoms with Gasteiger partial charge in [0.15, 0.2) is 0 Å². The number of hydrogen-bond acceptors (Lipinski definition) is 3. The van der Waals surface area contributed by atoms with Crippen LogP contribution in [-0.4, -0.2) is 31.1 Å². The molecule has 3 nitrogen and oxygen atoms in total. The molecule has 0 spiro atoms. The molecule has 3 aromatic carbocycles. The van der Waals surface area contributed by atoms with Gasteiger partial charge in [0.05, 0.1) is 0 Å². The van der Waals surface area contributed by atoms with Crippen molar-refractivity contribution in [1.82, 2.24) is 10.2 Å². The molecular formula is C25H30N2O. The number of nitrogens with one attached hydrogen (secondary N) is 1. The highest BCUT2D eigenvalue weighted by atomic mass is 16.5. The van der Waals surface area contributed by atoms with Crippen LogP contribution in [-0.2, 0) is 13.2 Å². The number of piperidine rings is 1. The van der Waals surface area contributed by atoms with Gasteiger partial charge in [0, 0.05) is 25.2 Å². The SMILES string of the molecule is c1ccc(COc2ccc3ccccc3c2CNCCN2CCCCC2)cc1. The van der Waals surface area contributed by atoms with Gasteiger partial charge in [-0.15, -0.1) is 0 Å². The lowest BCUT2D eigenvalue weighted by molar-refractivity contribution is 0.228. The minimum absolute atomic E-state index is 0.597. The molecule has 146 valence electrons. The van der Waals surface area contributed by atoms with Gasteiger partial charge in [0.1, 0.15) is 12.4 Å². The molecule has 0 aromatic heterocycles. The van der Waals surface area contributed by atoms with Gasteiger partial charge in [-0.1, -0.05) is 67.1 Å². The van der Waals surface area contributed by atoms with Gasteiger partial charge in [0.25, 0.3) is 0 Å². The average Bonchev–Trinajstić information content (AvgIpc) is 2.77. The monoisotopic (exact) mass is 374 g/mol. The van der Waals surface area contributed by atoms with Crippen LogP contribution in [0.5, 0.6) is 5.75 Å². The van der Waals surface area contributed by atoms with Gasteiger partial charge in [0.2, 0.25) is 0 Å². The summed E-state index contributed by atoms with van der Waals surface area (Å²) in [6, 6.07) is 23.2. The largest absolute Gasteiger partial charge is 0.489 e. The molecule has 0 bridgehead atoms. The Hall–Kier alpha value is -2.36. The first kappa shape index (κ1) is 19.0. The number of rotatable bonds is 8. The molecule has 3 aromatic rings. The summed E-state index contributed by atoms with van der Waals surface area (Å²) in [4.78, 5) is 2.58. The van der Waals surface area contributed by atoms with E-state index in [1.165, 1.54) is 54.3 Å². The van der Waals surface area contributed by atoms with Crippen LogP contribution in [0.3, 0.4) is 0 Å². The second-order valence-electron chi connectivity index (χ2n) is 7.62. The molecule has 1 aliphatic rings. The zero-order chi connectivity index (χ0) is 19.0. The molecular weight excluding hydrogens is 344 g/mol. The van der Waals surface area contributed by atoms with E-state index in [0.29, 0.717) is 6.61 Å². The Labute approximate surface area is 168 Å². The minimum atomic E-state index is 0.597. The standard InChI is InChI=1S/C25H30N2O/c1-3-9-21(10-4-1)20-28-25-14-13-22-11-5-6-12-23(22)24(25)19-26-15-18-27-16-7-2-8-17-27/h1,3-6,9-14,26H,2,7-8,15-20H2. The Kier molecular flexibility index (Phi) is 6.59. The second kappa shape index (κ2) is 9.72. The molecule has 0 radical (unpaired) electrons. The highest BCUT2D eigenvalue weighted by molar-refractivity contribution is 5.87. The van der Waals surface area contributed by atoms with Crippen LogP contribution in [0.15, 0.2) is 66.7 Å². The molecule has 0 unspecified atom stereocenters. The zero-order valence-electron chi connectivity index (χ0n) is 16.6. The van der Waals surface area contributed by atoms with E-state index in [-0.39, 0.29) is 0 Å². The molecule has 0 atom stereocenters. The van der Waals surface area contributed by atoms with Gasteiger partial charge in [-0.25, -0.2) is 0 Å². The van der Waals surface area contributed by atoms with E-state index in [1.54, 1.807) is 0 Å². The molecule has 1 heterocycles. The van der Waals surface area contributed by atoms with Gasteiger partial charge in [-0.05, 0) is 48.3 Å². The van der Waals surface area contributed by atoms with Crippen LogP contribution in [0.1, 0.15) is 30.4 Å². The fourth-order valence-corrected chi connectivity index (χ4v) is 4.00. The Morgan fingerprint density at radius 1 is 0.821 bits per heavy atom. The molecule has 3 heteroatoms. The summed E-state index contributed by atoms with van der Waals surface area (Å²) < 4.78 is 6.23. The highest BCUT2D eigenvalue weighted by Crippen LogP contribution is 2.28. The number of likely N-dealkylation sites (tertiary alicyclic amines) is 1. The molecule has 0 amide bonds. The molecule has 1 saturated heterocycles. The third kappa shape index (κ3) is 4.92. The molecule has 0 saturated carbocycles. The van der Waals surface area contributed by atoms with E-state index < -0.39 is 0 Å². The van der Waals surface area contributed by atoms with E-state index in [2.05, 4.69) is 70.9 Å². The lowest BCUT2D eigenvalue weighted by Gasteiger charge is -2.26. The van der Waals surface area contributed by atoms with E-state index in [0.717, 1.165) is 25.4 Å². The summed E-state index contributed by atoms with van der Waals surface area (Å²) in [7, 11) is 0. The first-order valence-electron chi connectivity index (χ1n) is 10.5. The van der Waals surface area contributed by atoms with Crippen molar-refractivity contribution in [2.45, 2.75) is 32.4 Å². The number of hydrogen-bond donors (Lipinski definition) is 1. The summed E-state index contributed by atoms with van der Waals surface area (Å²) in [6.07, 6.45) is 4.09. The van der Waals surface area contributed by atoms with Crippen molar-refractivity contribution in [3.8, 4) is 5.75 Å². The lowest BCUT2D eigenvalue weighted by Crippen LogP contribution is -2.35. The quantitative estimate of drug-likeness (QED) is 0.562. The summed E-state index contributed by atoms with van der Waals surface area (Å²) >= 11 is 0. The van der Waals surface area contributed by atoms with Crippen molar-refractivity contribution in [3.05, 3.63) is 77.9 Å². The van der Waals surface area contributed by atoms with E-state index in [1.807, 2.05) is 6.07 Å². The van der Waals surface area contributed by atoms with Crippen LogP contribution in [0.25, 0.3) is 10.8 Å². The van der Waals surface area contributed by atoms with Crippen molar-refractivity contribution in [3.63, 3.8) is 0 Å². The minimum Gasteiger partial charge on any atom is -0.489 e. The normalized spacial score (nSPS) is 15.0. The van der Waals surface area contributed by atoms with Gasteiger partial charge < -0.3 is 15.0 Å². The molecule has 0 aliphatic carbocycles. The van der Waals surface area contributed by atoms with Crippen LogP contribution in [0.2, 0.25) is 0 Å². The van der Waals surface area contributed by atoms with Gasteiger partial charge in [-0.3, -0.25) is 0 Å². The Morgan fingerprint density at radius 3 is 2.46 bits per heavy atom. The van der Waals surface area contributed by atoms with E-state index in [4.69, 9.17) is 4.74 Å². The third-order valence-electron chi connectivity index (χ3n) is 5.59. The number of fused-ring (bicyclic) bond motifs is 1. The zero-order valence-corrected chi connectivity index (χ0v) is 16.6. The Morgan fingerprint density at radius 2 is 1.61 bits per heavy atom. The Balaban J connectivity index is 1.44. The van der Waals surface area contributed by atoms with E-state index >= 15 is 0 Å². The summed E-state index contributed by atoms with van der Waals surface area (Å²) in [5.41, 5.74) is 2.45. The van der Waals surface area contributed by atoms with Crippen molar-refractivity contribution < 1.29 is 4.74 Å². The third-order valence-corrected chi connectivity index (χ3v) is 5.59. The Bertz CT molecular complexity index is 872. The smallest absolute Gasteiger partial charge is 0.124 e. The summed E-state index contributed by atoms with van der Waals surface area (Å²) in [5.74, 6) is 0.980. The topological polar surface area (TPSA) is 24.5 Å². The van der Waals surface area contributed by atoms with Crippen molar-refractivity contribution >= 4 is 10.8 Å². The number of nitrogens with zero attached hydrogens (tertiary/aromatic N) is 1. The fraction of sp³-hybridized carbons (Fsp3) is 0.360. The second-order valence-corrected chi connectivity index (χ2v) is 7.62. The summed E-state index contributed by atoms with van der Waals surface area (Å²) in [6.45, 7) is 6.08. The average molecular weight is 375 g/mol. The van der Waals surface area contributed by atoms with Gasteiger partial charge >= 0.3 is 0 Å². The number of ether oxygens (including phenoxy) is 1. The predicted molar refractivity (Wildman–Crippen MR) is 117 cm³/mol. The van der Waals surface area contributed by atoms with Crippen LogP contribution in [0, 0.1) is 0 Å². The highest BCUT2D eigenvalue weighted by Gasteiger charge is 2.11. The molecule has 4 rings (SSSR count). The molecule has 1 aliphatic heterocycles. The lowest BCUT2D eigenvalue weighted by atomic mass is 10.0. The first-order chi connectivity index (χ1) is 13.9. The molecule has 1 fully saturated rings. The van der Waals surface area contributed by atoms with E-state index in [9.17, 15) is 0 Å². The maximum atomic E-state index is 6.23. The van der Waals surface area contributed by atoms with Crippen LogP contribution in [0.4, 0.5) is 0 Å². The van der Waals surface area contributed by atoms with Crippen molar-refractivity contribution in [2.75, 3.05) is 26.2 Å². The van der Waals surface area contributed by atoms with Crippen LogP contribution < -0.4 is 10.1 Å². The summed E-state index contributed by atoms with van der Waals surface area (Å²) in [5, 5.41) is 6.20. The fourth-order valence-electron chi connectivity index (χ4n) is 4.00. The van der Waals surface area contributed by atoms with Gasteiger partial charge in [-0.2, -0.15) is 0 Å². The van der Waals surface area contributed by atoms with Crippen molar-refractivity contribution in [2.24, 2.45) is 0 Å². The number of benzene rings is 3. The maximum absolute atomic E-state index is 6.23.